The summed E-state index contributed by atoms with van der Waals surface area (Å²) < 4.78 is 5.28. The molecule has 0 saturated heterocycles. The number of benzene rings is 2. The van der Waals surface area contributed by atoms with Crippen molar-refractivity contribution < 1.29 is 14.3 Å². The van der Waals surface area contributed by atoms with E-state index in [1.165, 1.54) is 0 Å². The summed E-state index contributed by atoms with van der Waals surface area (Å²) in [6.07, 6.45) is 0. The number of carbonyl (C=O) groups excluding carboxylic acids is 2. The summed E-state index contributed by atoms with van der Waals surface area (Å²) in [5.74, 6) is 0.182. The highest BCUT2D eigenvalue weighted by atomic mass is 35.5. The van der Waals surface area contributed by atoms with E-state index in [0.717, 1.165) is 11.1 Å². The first-order valence-electron chi connectivity index (χ1n) is 9.05. The summed E-state index contributed by atoms with van der Waals surface area (Å²) >= 11 is 5.99. The zero-order valence-corrected chi connectivity index (χ0v) is 17.4. The van der Waals surface area contributed by atoms with Crippen LogP contribution in [0, 0.1) is 13.8 Å². The number of hydrogen-bond acceptors (Lipinski definition) is 4. The molecule has 0 radical (unpaired) electrons. The summed E-state index contributed by atoms with van der Waals surface area (Å²) in [5.41, 5.74) is 3.22. The molecule has 0 atom stereocenters. The molecule has 2 N–H and O–H groups in total. The van der Waals surface area contributed by atoms with Gasteiger partial charge in [-0.3, -0.25) is 14.5 Å². The molecule has 0 aliphatic rings. The summed E-state index contributed by atoms with van der Waals surface area (Å²) in [7, 11) is 1.56. The molecule has 0 bridgehead atoms. The number of carbonyl (C=O) groups is 2. The van der Waals surface area contributed by atoms with E-state index in [0.29, 0.717) is 28.7 Å². The number of likely N-dealkylation sites (N-methyl/N-ethyl adjacent to an activating group) is 1. The minimum Gasteiger partial charge on any atom is -0.495 e. The van der Waals surface area contributed by atoms with Gasteiger partial charge in [-0.25, -0.2) is 0 Å². The van der Waals surface area contributed by atoms with E-state index in [2.05, 4.69) is 10.6 Å². The van der Waals surface area contributed by atoms with Gasteiger partial charge in [0.05, 0.1) is 25.9 Å². The third-order valence-electron chi connectivity index (χ3n) is 4.28. The summed E-state index contributed by atoms with van der Waals surface area (Å²) in [4.78, 5) is 26.6. The van der Waals surface area contributed by atoms with Crippen LogP contribution in [0.25, 0.3) is 0 Å². The Bertz CT molecular complexity index is 855. The lowest BCUT2D eigenvalue weighted by Gasteiger charge is -2.20. The third-order valence-corrected chi connectivity index (χ3v) is 4.52. The molecule has 0 heterocycles. The molecule has 0 saturated carbocycles. The number of amides is 2. The SMILES string of the molecule is CCN(CC(=O)Nc1cc(Cl)ccc1C)CC(=O)Nc1cc(C)ccc1OC. The zero-order valence-electron chi connectivity index (χ0n) is 16.6. The van der Waals surface area contributed by atoms with Crippen molar-refractivity contribution in [1.82, 2.24) is 4.90 Å². The number of nitrogens with one attached hydrogen (secondary N) is 2. The maximum Gasteiger partial charge on any atom is 0.238 e. The lowest BCUT2D eigenvalue weighted by atomic mass is 10.2. The number of hydrogen-bond donors (Lipinski definition) is 2. The molecule has 6 nitrogen and oxygen atoms in total. The number of halogens is 1. The predicted octanol–water partition coefficient (Wildman–Crippen LogP) is 3.86. The third kappa shape index (κ3) is 6.25. The summed E-state index contributed by atoms with van der Waals surface area (Å²) in [6, 6.07) is 10.9. The van der Waals surface area contributed by atoms with Crippen LogP contribution in [0.1, 0.15) is 18.1 Å². The Morgan fingerprint density at radius 2 is 1.64 bits per heavy atom. The fourth-order valence-corrected chi connectivity index (χ4v) is 2.89. The number of methoxy groups -OCH3 is 1. The molecule has 0 fully saturated rings. The van der Waals surface area contributed by atoms with Crippen LogP contribution in [0.2, 0.25) is 5.02 Å². The molecule has 0 aromatic heterocycles. The lowest BCUT2D eigenvalue weighted by molar-refractivity contribution is -0.119. The number of rotatable bonds is 8. The molecule has 2 aromatic rings. The first kappa shape index (κ1) is 21.7. The highest BCUT2D eigenvalue weighted by Gasteiger charge is 2.15. The van der Waals surface area contributed by atoms with Crippen LogP contribution >= 0.6 is 11.6 Å². The Kier molecular flexibility index (Phi) is 7.84. The van der Waals surface area contributed by atoms with Gasteiger partial charge in [-0.2, -0.15) is 0 Å². The molecular formula is C21H26ClN3O3. The van der Waals surface area contributed by atoms with Crippen molar-refractivity contribution in [1.29, 1.82) is 0 Å². The van der Waals surface area contributed by atoms with Crippen molar-refractivity contribution in [2.45, 2.75) is 20.8 Å². The normalized spacial score (nSPS) is 10.6. The molecule has 150 valence electrons. The fourth-order valence-electron chi connectivity index (χ4n) is 2.71. The van der Waals surface area contributed by atoms with Crippen LogP contribution in [0.15, 0.2) is 36.4 Å². The number of aryl methyl sites for hydroxylation is 2. The zero-order chi connectivity index (χ0) is 20.7. The van der Waals surface area contributed by atoms with Crippen LogP contribution in [-0.2, 0) is 9.59 Å². The van der Waals surface area contributed by atoms with Crippen molar-refractivity contribution >= 4 is 34.8 Å². The highest BCUT2D eigenvalue weighted by Crippen LogP contribution is 2.25. The molecule has 0 aliphatic heterocycles. The molecule has 2 aromatic carbocycles. The quantitative estimate of drug-likeness (QED) is 0.702. The molecule has 0 spiro atoms. The van der Waals surface area contributed by atoms with Crippen molar-refractivity contribution in [2.75, 3.05) is 37.4 Å². The van der Waals surface area contributed by atoms with Gasteiger partial charge in [0, 0.05) is 10.7 Å². The second-order valence-corrected chi connectivity index (χ2v) is 7.00. The van der Waals surface area contributed by atoms with Crippen molar-refractivity contribution in [3.63, 3.8) is 0 Å². The van der Waals surface area contributed by atoms with Gasteiger partial charge in [0.2, 0.25) is 11.8 Å². The maximum absolute atomic E-state index is 12.4. The molecule has 2 rings (SSSR count). The number of anilines is 2. The average Bonchev–Trinajstić information content (AvgIpc) is 2.64. The Balaban J connectivity index is 1.96. The Morgan fingerprint density at radius 3 is 2.25 bits per heavy atom. The van der Waals surface area contributed by atoms with Crippen molar-refractivity contribution in [2.24, 2.45) is 0 Å². The van der Waals surface area contributed by atoms with Gasteiger partial charge >= 0.3 is 0 Å². The van der Waals surface area contributed by atoms with Gasteiger partial charge < -0.3 is 15.4 Å². The molecule has 2 amide bonds. The maximum atomic E-state index is 12.4. The van der Waals surface area contributed by atoms with E-state index in [-0.39, 0.29) is 24.9 Å². The number of nitrogens with zero attached hydrogens (tertiary/aromatic N) is 1. The average molecular weight is 404 g/mol. The van der Waals surface area contributed by atoms with E-state index in [9.17, 15) is 9.59 Å². The van der Waals surface area contributed by atoms with Gasteiger partial charge in [-0.15, -0.1) is 0 Å². The predicted molar refractivity (Wildman–Crippen MR) is 113 cm³/mol. The van der Waals surface area contributed by atoms with E-state index >= 15 is 0 Å². The standard InChI is InChI=1S/C21H26ClN3O3/c1-5-25(12-20(26)23-17-11-16(22)8-7-15(17)3)13-21(27)24-18-10-14(2)6-9-19(18)28-4/h6-11H,5,12-13H2,1-4H3,(H,23,26)(H,24,27). The van der Waals surface area contributed by atoms with Gasteiger partial charge in [0.15, 0.2) is 0 Å². The van der Waals surface area contributed by atoms with Gasteiger partial charge in [0.1, 0.15) is 5.75 Å². The van der Waals surface area contributed by atoms with Crippen molar-refractivity contribution in [3.8, 4) is 5.75 Å². The molecule has 0 unspecified atom stereocenters. The van der Waals surface area contributed by atoms with Crippen LogP contribution in [0.5, 0.6) is 5.75 Å². The van der Waals surface area contributed by atoms with E-state index in [1.807, 2.05) is 45.0 Å². The minimum atomic E-state index is -0.211. The van der Waals surface area contributed by atoms with E-state index in [1.54, 1.807) is 24.1 Å². The smallest absolute Gasteiger partial charge is 0.238 e. The van der Waals surface area contributed by atoms with Crippen LogP contribution in [0.3, 0.4) is 0 Å². The first-order valence-corrected chi connectivity index (χ1v) is 9.43. The van der Waals surface area contributed by atoms with Crippen LogP contribution in [0.4, 0.5) is 11.4 Å². The van der Waals surface area contributed by atoms with Gasteiger partial charge in [-0.05, 0) is 55.8 Å². The van der Waals surface area contributed by atoms with E-state index in [4.69, 9.17) is 16.3 Å². The Morgan fingerprint density at radius 1 is 1.00 bits per heavy atom. The van der Waals surface area contributed by atoms with Gasteiger partial charge in [-0.1, -0.05) is 30.7 Å². The van der Waals surface area contributed by atoms with Crippen LogP contribution < -0.4 is 15.4 Å². The Hall–Kier alpha value is -2.57. The molecule has 7 heteroatoms. The molecule has 0 aliphatic carbocycles. The van der Waals surface area contributed by atoms with E-state index < -0.39 is 0 Å². The lowest BCUT2D eigenvalue weighted by Crippen LogP contribution is -2.38. The first-order chi connectivity index (χ1) is 13.3. The van der Waals surface area contributed by atoms with Gasteiger partial charge in [0.25, 0.3) is 0 Å². The fraction of sp³-hybridized carbons (Fsp3) is 0.333. The summed E-state index contributed by atoms with van der Waals surface area (Å²) in [6.45, 7) is 6.48. The number of ether oxygens (including phenoxy) is 1. The van der Waals surface area contributed by atoms with Crippen LogP contribution in [-0.4, -0.2) is 43.5 Å². The second-order valence-electron chi connectivity index (χ2n) is 6.56. The summed E-state index contributed by atoms with van der Waals surface area (Å²) in [5, 5.41) is 6.25. The Labute approximate surface area is 170 Å². The highest BCUT2D eigenvalue weighted by molar-refractivity contribution is 6.31. The molecular weight excluding hydrogens is 378 g/mol. The monoisotopic (exact) mass is 403 g/mol. The largest absolute Gasteiger partial charge is 0.495 e. The molecule has 28 heavy (non-hydrogen) atoms. The minimum absolute atomic E-state index is 0.0928. The topological polar surface area (TPSA) is 70.7 Å². The van der Waals surface area contributed by atoms with Crippen molar-refractivity contribution in [3.05, 3.63) is 52.5 Å². The second kappa shape index (κ2) is 10.1.